The first-order chi connectivity index (χ1) is 6.12. The van der Waals surface area contributed by atoms with E-state index in [1.807, 2.05) is 30.8 Å². The van der Waals surface area contributed by atoms with Crippen molar-refractivity contribution in [2.24, 2.45) is 0 Å². The molecule has 0 bridgehead atoms. The van der Waals surface area contributed by atoms with Crippen LogP contribution in [0.4, 0.5) is 4.39 Å². The monoisotopic (exact) mass is 196 g/mol. The molecule has 1 saturated heterocycles. The van der Waals surface area contributed by atoms with Gasteiger partial charge in [-0.05, 0) is 43.2 Å². The molecule has 1 aliphatic rings. The molecule has 13 heavy (non-hydrogen) atoms. The van der Waals surface area contributed by atoms with Gasteiger partial charge < -0.3 is 0 Å². The molecule has 0 N–H and O–H groups in total. The van der Waals surface area contributed by atoms with Crippen LogP contribution in [0.2, 0.25) is 0 Å². The molecular weight excluding hydrogens is 183 g/mol. The number of benzene rings is 1. The number of halogens is 1. The van der Waals surface area contributed by atoms with E-state index < -0.39 is 0 Å². The number of rotatable bonds is 1. The molecule has 2 rings (SSSR count). The Morgan fingerprint density at radius 2 is 2.15 bits per heavy atom. The molecule has 1 fully saturated rings. The Hall–Kier alpha value is -0.500. The second kappa shape index (κ2) is 3.02. The van der Waals surface area contributed by atoms with Crippen molar-refractivity contribution in [2.75, 3.05) is 5.75 Å². The predicted octanol–water partition coefficient (Wildman–Crippen LogP) is 3.49. The maximum absolute atomic E-state index is 13.0. The Labute approximate surface area is 82.5 Å². The summed E-state index contributed by atoms with van der Waals surface area (Å²) in [6, 6.07) is 5.46. The molecule has 1 heterocycles. The second-order valence-electron chi connectivity index (χ2n) is 3.79. The number of hydrogen-bond donors (Lipinski definition) is 0. The Morgan fingerprint density at radius 3 is 2.62 bits per heavy atom. The molecule has 0 saturated carbocycles. The summed E-state index contributed by atoms with van der Waals surface area (Å²) in [5, 5.41) is 0. The van der Waals surface area contributed by atoms with Crippen LogP contribution in [0.1, 0.15) is 24.5 Å². The third-order valence-electron chi connectivity index (χ3n) is 2.77. The van der Waals surface area contributed by atoms with Crippen LogP contribution in [0.25, 0.3) is 0 Å². The van der Waals surface area contributed by atoms with Gasteiger partial charge in [0, 0.05) is 4.75 Å². The second-order valence-corrected chi connectivity index (χ2v) is 5.39. The van der Waals surface area contributed by atoms with Crippen molar-refractivity contribution in [1.29, 1.82) is 0 Å². The lowest BCUT2D eigenvalue weighted by molar-refractivity contribution is 0.602. The summed E-state index contributed by atoms with van der Waals surface area (Å²) in [4.78, 5) is 0. The zero-order valence-corrected chi connectivity index (χ0v) is 8.75. The zero-order chi connectivity index (χ0) is 9.47. The number of thioether (sulfide) groups is 1. The predicted molar refractivity (Wildman–Crippen MR) is 55.6 cm³/mol. The fraction of sp³-hybridized carbons (Fsp3) is 0.455. The van der Waals surface area contributed by atoms with Crippen molar-refractivity contribution >= 4 is 11.8 Å². The van der Waals surface area contributed by atoms with Crippen molar-refractivity contribution in [3.63, 3.8) is 0 Å². The maximum atomic E-state index is 13.0. The van der Waals surface area contributed by atoms with Gasteiger partial charge in [0.1, 0.15) is 5.82 Å². The van der Waals surface area contributed by atoms with Gasteiger partial charge in [-0.25, -0.2) is 4.39 Å². The molecule has 70 valence electrons. The molecule has 1 aliphatic heterocycles. The first-order valence-corrected chi connectivity index (χ1v) is 5.51. The van der Waals surface area contributed by atoms with E-state index >= 15 is 0 Å². The molecule has 0 aliphatic carbocycles. The standard InChI is InChI=1S/C11H13FS/c1-8-7-9(3-4-10(8)12)11(2)5-6-13-11/h3-4,7H,5-6H2,1-2H3. The van der Waals surface area contributed by atoms with E-state index in [4.69, 9.17) is 0 Å². The summed E-state index contributed by atoms with van der Waals surface area (Å²) < 4.78 is 13.3. The van der Waals surface area contributed by atoms with E-state index in [0.717, 1.165) is 5.56 Å². The lowest BCUT2D eigenvalue weighted by atomic mass is 9.95. The van der Waals surface area contributed by atoms with Crippen LogP contribution in [-0.2, 0) is 4.75 Å². The lowest BCUT2D eigenvalue weighted by Crippen LogP contribution is -2.27. The Kier molecular flexibility index (Phi) is 2.11. The van der Waals surface area contributed by atoms with Gasteiger partial charge in [0.25, 0.3) is 0 Å². The third kappa shape index (κ3) is 1.48. The zero-order valence-electron chi connectivity index (χ0n) is 7.93. The molecule has 1 aromatic carbocycles. The van der Waals surface area contributed by atoms with E-state index in [0.29, 0.717) is 0 Å². The average molecular weight is 196 g/mol. The van der Waals surface area contributed by atoms with E-state index in [9.17, 15) is 4.39 Å². The van der Waals surface area contributed by atoms with Crippen LogP contribution >= 0.6 is 11.8 Å². The molecule has 0 amide bonds. The minimum absolute atomic E-state index is 0.100. The lowest BCUT2D eigenvalue weighted by Gasteiger charge is -2.38. The van der Waals surface area contributed by atoms with Gasteiger partial charge in [0.2, 0.25) is 0 Å². The van der Waals surface area contributed by atoms with Crippen molar-refractivity contribution in [3.8, 4) is 0 Å². The van der Waals surface area contributed by atoms with Crippen LogP contribution in [0.15, 0.2) is 18.2 Å². The van der Waals surface area contributed by atoms with Crippen LogP contribution in [0, 0.1) is 12.7 Å². The van der Waals surface area contributed by atoms with Gasteiger partial charge in [-0.3, -0.25) is 0 Å². The Bertz CT molecular complexity index is 329. The normalized spacial score (nSPS) is 27.0. The minimum Gasteiger partial charge on any atom is -0.207 e. The average Bonchev–Trinajstić information content (AvgIpc) is 2.06. The fourth-order valence-corrected chi connectivity index (χ4v) is 2.72. The van der Waals surface area contributed by atoms with E-state index in [2.05, 4.69) is 6.92 Å². The topological polar surface area (TPSA) is 0 Å². The van der Waals surface area contributed by atoms with Crippen molar-refractivity contribution in [2.45, 2.75) is 25.0 Å². The quantitative estimate of drug-likeness (QED) is 0.662. The smallest absolute Gasteiger partial charge is 0.126 e. The van der Waals surface area contributed by atoms with Crippen molar-refractivity contribution < 1.29 is 4.39 Å². The van der Waals surface area contributed by atoms with Crippen LogP contribution < -0.4 is 0 Å². The van der Waals surface area contributed by atoms with Gasteiger partial charge in [-0.1, -0.05) is 12.1 Å². The highest BCUT2D eigenvalue weighted by molar-refractivity contribution is 8.01. The summed E-state index contributed by atoms with van der Waals surface area (Å²) in [5.41, 5.74) is 2.02. The van der Waals surface area contributed by atoms with Gasteiger partial charge >= 0.3 is 0 Å². The van der Waals surface area contributed by atoms with E-state index in [1.165, 1.54) is 17.7 Å². The molecule has 0 nitrogen and oxygen atoms in total. The molecule has 1 aromatic rings. The van der Waals surface area contributed by atoms with E-state index in [-0.39, 0.29) is 10.6 Å². The summed E-state index contributed by atoms with van der Waals surface area (Å²) in [6.07, 6.45) is 1.21. The molecule has 1 unspecified atom stereocenters. The molecule has 1 atom stereocenters. The number of aryl methyl sites for hydroxylation is 1. The van der Waals surface area contributed by atoms with Gasteiger partial charge in [0.05, 0.1) is 0 Å². The van der Waals surface area contributed by atoms with Crippen molar-refractivity contribution in [3.05, 3.63) is 35.1 Å². The Balaban J connectivity index is 2.36. The summed E-state index contributed by atoms with van der Waals surface area (Å²) in [7, 11) is 0. The highest BCUT2D eigenvalue weighted by Crippen LogP contribution is 2.48. The van der Waals surface area contributed by atoms with Crippen LogP contribution in [0.3, 0.4) is 0 Å². The van der Waals surface area contributed by atoms with E-state index in [1.54, 1.807) is 6.07 Å². The van der Waals surface area contributed by atoms with Crippen LogP contribution in [0.5, 0.6) is 0 Å². The SMILES string of the molecule is Cc1cc(C2(C)CCS2)ccc1F. The Morgan fingerprint density at radius 1 is 1.46 bits per heavy atom. The van der Waals surface area contributed by atoms with Gasteiger partial charge in [-0.2, -0.15) is 11.8 Å². The molecular formula is C11H13FS. The summed E-state index contributed by atoms with van der Waals surface area (Å²) in [5.74, 6) is 1.13. The van der Waals surface area contributed by atoms with Gasteiger partial charge in [-0.15, -0.1) is 0 Å². The molecule has 2 heteroatoms. The van der Waals surface area contributed by atoms with Crippen molar-refractivity contribution in [1.82, 2.24) is 0 Å². The highest BCUT2D eigenvalue weighted by atomic mass is 32.2. The molecule has 0 spiro atoms. The largest absolute Gasteiger partial charge is 0.207 e. The van der Waals surface area contributed by atoms with Gasteiger partial charge in [0.15, 0.2) is 0 Å². The fourth-order valence-electron chi connectivity index (χ4n) is 1.61. The number of hydrogen-bond acceptors (Lipinski definition) is 1. The maximum Gasteiger partial charge on any atom is 0.126 e. The molecule has 0 radical (unpaired) electrons. The third-order valence-corrected chi connectivity index (χ3v) is 4.25. The molecule has 0 aromatic heterocycles. The first-order valence-electron chi connectivity index (χ1n) is 4.52. The first kappa shape index (κ1) is 9.07. The summed E-state index contributed by atoms with van der Waals surface area (Å²) >= 11 is 1.95. The van der Waals surface area contributed by atoms with Crippen LogP contribution in [-0.4, -0.2) is 5.75 Å². The highest BCUT2D eigenvalue weighted by Gasteiger charge is 2.34. The summed E-state index contributed by atoms with van der Waals surface area (Å²) in [6.45, 7) is 4.05. The minimum atomic E-state index is -0.100.